The number of benzene rings is 1. The summed E-state index contributed by atoms with van der Waals surface area (Å²) in [6, 6.07) is 7.62. The van der Waals surface area contributed by atoms with Crippen molar-refractivity contribution < 1.29 is 4.74 Å². The number of nitrogens with one attached hydrogen (secondary N) is 1. The van der Waals surface area contributed by atoms with Crippen LogP contribution >= 0.6 is 11.6 Å². The standard InChI is InChI=1S/C14H15ClN2O/c1-10-5-11(8-16-7-10)9-17-14-6-12(18-2)3-4-13(14)15/h3-8,17H,9H2,1-2H3. The smallest absolute Gasteiger partial charge is 0.121 e. The molecule has 1 heterocycles. The number of rotatable bonds is 4. The fourth-order valence-electron chi connectivity index (χ4n) is 1.68. The first-order chi connectivity index (χ1) is 8.69. The summed E-state index contributed by atoms with van der Waals surface area (Å²) in [4.78, 5) is 4.15. The van der Waals surface area contributed by atoms with E-state index in [2.05, 4.69) is 16.4 Å². The lowest BCUT2D eigenvalue weighted by Gasteiger charge is -2.10. The van der Waals surface area contributed by atoms with Crippen molar-refractivity contribution in [1.29, 1.82) is 0 Å². The average Bonchev–Trinajstić information content (AvgIpc) is 2.38. The molecule has 0 unspecified atom stereocenters. The molecule has 1 N–H and O–H groups in total. The largest absolute Gasteiger partial charge is 0.497 e. The maximum absolute atomic E-state index is 6.12. The number of halogens is 1. The number of methoxy groups -OCH3 is 1. The lowest BCUT2D eigenvalue weighted by atomic mass is 10.2. The minimum absolute atomic E-state index is 0.677. The highest BCUT2D eigenvalue weighted by molar-refractivity contribution is 6.33. The van der Waals surface area contributed by atoms with Crippen molar-refractivity contribution in [1.82, 2.24) is 4.98 Å². The van der Waals surface area contributed by atoms with Crippen LogP contribution < -0.4 is 10.1 Å². The summed E-state index contributed by atoms with van der Waals surface area (Å²) in [5, 5.41) is 3.96. The zero-order chi connectivity index (χ0) is 13.0. The Labute approximate surface area is 112 Å². The lowest BCUT2D eigenvalue weighted by molar-refractivity contribution is 0.415. The zero-order valence-corrected chi connectivity index (χ0v) is 11.2. The van der Waals surface area contributed by atoms with Crippen LogP contribution in [0.4, 0.5) is 5.69 Å². The maximum atomic E-state index is 6.12. The number of hydrogen-bond acceptors (Lipinski definition) is 3. The van der Waals surface area contributed by atoms with Gasteiger partial charge in [-0.3, -0.25) is 4.98 Å². The Morgan fingerprint density at radius 1 is 1.28 bits per heavy atom. The number of nitrogens with zero attached hydrogens (tertiary/aromatic N) is 1. The third kappa shape index (κ3) is 3.14. The summed E-state index contributed by atoms with van der Waals surface area (Å²) in [6.45, 7) is 2.70. The third-order valence-electron chi connectivity index (χ3n) is 2.59. The van der Waals surface area contributed by atoms with Gasteiger partial charge in [0, 0.05) is 25.0 Å². The molecule has 0 fully saturated rings. The van der Waals surface area contributed by atoms with Gasteiger partial charge in [-0.15, -0.1) is 0 Å². The fourth-order valence-corrected chi connectivity index (χ4v) is 1.86. The third-order valence-corrected chi connectivity index (χ3v) is 2.92. The Hall–Kier alpha value is -1.74. The van der Waals surface area contributed by atoms with Crippen LogP contribution in [-0.4, -0.2) is 12.1 Å². The van der Waals surface area contributed by atoms with Crippen LogP contribution in [0.5, 0.6) is 5.75 Å². The Balaban J connectivity index is 2.10. The average molecular weight is 263 g/mol. The van der Waals surface area contributed by atoms with Gasteiger partial charge in [0.15, 0.2) is 0 Å². The van der Waals surface area contributed by atoms with Crippen LogP contribution in [0.15, 0.2) is 36.7 Å². The first kappa shape index (κ1) is 12.7. The Bertz CT molecular complexity index is 543. The summed E-state index contributed by atoms with van der Waals surface area (Å²) < 4.78 is 5.17. The van der Waals surface area contributed by atoms with E-state index >= 15 is 0 Å². The van der Waals surface area contributed by atoms with E-state index in [9.17, 15) is 0 Å². The van der Waals surface area contributed by atoms with E-state index in [1.54, 1.807) is 7.11 Å². The molecule has 2 aromatic rings. The molecule has 0 saturated heterocycles. The van der Waals surface area contributed by atoms with E-state index in [1.165, 1.54) is 0 Å². The van der Waals surface area contributed by atoms with Gasteiger partial charge < -0.3 is 10.1 Å². The molecule has 0 aliphatic heterocycles. The molecule has 1 aromatic carbocycles. The zero-order valence-electron chi connectivity index (χ0n) is 10.4. The molecule has 18 heavy (non-hydrogen) atoms. The summed E-state index contributed by atoms with van der Waals surface area (Å²) in [6.07, 6.45) is 3.68. The van der Waals surface area contributed by atoms with Crippen molar-refractivity contribution in [3.8, 4) is 5.75 Å². The molecular formula is C14H15ClN2O. The van der Waals surface area contributed by atoms with Crippen molar-refractivity contribution in [3.63, 3.8) is 0 Å². The highest BCUT2D eigenvalue weighted by atomic mass is 35.5. The number of aryl methyl sites for hydroxylation is 1. The topological polar surface area (TPSA) is 34.1 Å². The predicted octanol–water partition coefficient (Wildman–Crippen LogP) is 3.66. The van der Waals surface area contributed by atoms with Crippen molar-refractivity contribution in [2.45, 2.75) is 13.5 Å². The van der Waals surface area contributed by atoms with E-state index in [4.69, 9.17) is 16.3 Å². The monoisotopic (exact) mass is 262 g/mol. The van der Waals surface area contributed by atoms with Gasteiger partial charge in [-0.05, 0) is 30.2 Å². The van der Waals surface area contributed by atoms with Crippen LogP contribution in [0.2, 0.25) is 5.02 Å². The van der Waals surface area contributed by atoms with Crippen molar-refractivity contribution in [2.75, 3.05) is 12.4 Å². The van der Waals surface area contributed by atoms with Gasteiger partial charge in [-0.2, -0.15) is 0 Å². The van der Waals surface area contributed by atoms with Crippen LogP contribution in [-0.2, 0) is 6.54 Å². The predicted molar refractivity (Wildman–Crippen MR) is 74.3 cm³/mol. The van der Waals surface area contributed by atoms with Gasteiger partial charge >= 0.3 is 0 Å². The second kappa shape index (κ2) is 5.74. The van der Waals surface area contributed by atoms with Gasteiger partial charge in [0.2, 0.25) is 0 Å². The molecule has 3 nitrogen and oxygen atoms in total. The summed E-state index contributed by atoms with van der Waals surface area (Å²) in [7, 11) is 1.64. The molecule has 2 rings (SSSR count). The van der Waals surface area contributed by atoms with Gasteiger partial charge in [0.05, 0.1) is 17.8 Å². The second-order valence-corrected chi connectivity index (χ2v) is 4.48. The lowest BCUT2D eigenvalue weighted by Crippen LogP contribution is -2.01. The fraction of sp³-hybridized carbons (Fsp3) is 0.214. The summed E-state index contributed by atoms with van der Waals surface area (Å²) in [5.41, 5.74) is 3.12. The molecule has 0 aliphatic carbocycles. The number of pyridine rings is 1. The molecular weight excluding hydrogens is 248 g/mol. The quantitative estimate of drug-likeness (QED) is 0.913. The Morgan fingerprint density at radius 2 is 2.11 bits per heavy atom. The van der Waals surface area contributed by atoms with Crippen LogP contribution in [0, 0.1) is 6.92 Å². The van der Waals surface area contributed by atoms with E-state index < -0.39 is 0 Å². The van der Waals surface area contributed by atoms with E-state index in [-0.39, 0.29) is 0 Å². The normalized spacial score (nSPS) is 10.2. The highest BCUT2D eigenvalue weighted by Crippen LogP contribution is 2.27. The van der Waals surface area contributed by atoms with Gasteiger partial charge in [-0.1, -0.05) is 17.7 Å². The molecule has 0 bridgehead atoms. The maximum Gasteiger partial charge on any atom is 0.121 e. The van der Waals surface area contributed by atoms with Gasteiger partial charge in [0.25, 0.3) is 0 Å². The molecule has 94 valence electrons. The van der Waals surface area contributed by atoms with Crippen molar-refractivity contribution >= 4 is 17.3 Å². The Kier molecular flexibility index (Phi) is 4.05. The number of anilines is 1. The minimum atomic E-state index is 0.677. The summed E-state index contributed by atoms with van der Waals surface area (Å²) >= 11 is 6.12. The molecule has 0 atom stereocenters. The first-order valence-electron chi connectivity index (χ1n) is 5.67. The van der Waals surface area contributed by atoms with Crippen molar-refractivity contribution in [3.05, 3.63) is 52.8 Å². The first-order valence-corrected chi connectivity index (χ1v) is 6.05. The van der Waals surface area contributed by atoms with E-state index in [0.29, 0.717) is 11.6 Å². The molecule has 0 saturated carbocycles. The van der Waals surface area contributed by atoms with Crippen LogP contribution in [0.25, 0.3) is 0 Å². The SMILES string of the molecule is COc1ccc(Cl)c(NCc2cncc(C)c2)c1. The molecule has 0 aliphatic rings. The molecule has 0 amide bonds. The minimum Gasteiger partial charge on any atom is -0.497 e. The summed E-state index contributed by atoms with van der Waals surface area (Å²) in [5.74, 6) is 0.782. The number of hydrogen-bond donors (Lipinski definition) is 1. The molecule has 1 aromatic heterocycles. The number of ether oxygens (including phenoxy) is 1. The second-order valence-electron chi connectivity index (χ2n) is 4.07. The van der Waals surface area contributed by atoms with Crippen LogP contribution in [0.1, 0.15) is 11.1 Å². The highest BCUT2D eigenvalue weighted by Gasteiger charge is 2.02. The van der Waals surface area contributed by atoms with Gasteiger partial charge in [0.1, 0.15) is 5.75 Å². The van der Waals surface area contributed by atoms with Gasteiger partial charge in [-0.25, -0.2) is 0 Å². The molecule has 4 heteroatoms. The molecule has 0 radical (unpaired) electrons. The van der Waals surface area contributed by atoms with E-state index in [0.717, 1.165) is 22.6 Å². The molecule has 0 spiro atoms. The van der Waals surface area contributed by atoms with E-state index in [1.807, 2.05) is 37.5 Å². The van der Waals surface area contributed by atoms with Crippen LogP contribution in [0.3, 0.4) is 0 Å². The number of aromatic nitrogens is 1. The van der Waals surface area contributed by atoms with Crippen molar-refractivity contribution in [2.24, 2.45) is 0 Å². The Morgan fingerprint density at radius 3 is 2.83 bits per heavy atom.